The van der Waals surface area contributed by atoms with Gasteiger partial charge in [-0.25, -0.2) is 0 Å². The van der Waals surface area contributed by atoms with Crippen LogP contribution in [0.15, 0.2) is 12.1 Å². The molecule has 0 unspecified atom stereocenters. The molecule has 1 aromatic rings. The van der Waals surface area contributed by atoms with Crippen LogP contribution in [0.1, 0.15) is 80.6 Å². The predicted molar refractivity (Wildman–Crippen MR) is 106 cm³/mol. The van der Waals surface area contributed by atoms with Crippen LogP contribution in [0.25, 0.3) is 6.08 Å². The molecule has 0 aliphatic carbocycles. The fourth-order valence-electron chi connectivity index (χ4n) is 2.93. The second-order valence-corrected chi connectivity index (χ2v) is 6.62. The van der Waals surface area contributed by atoms with Crippen LogP contribution in [0, 0.1) is 0 Å². The van der Waals surface area contributed by atoms with E-state index in [1.807, 2.05) is 6.08 Å². The van der Waals surface area contributed by atoms with Crippen molar-refractivity contribution in [2.24, 2.45) is 0 Å². The van der Waals surface area contributed by atoms with Crippen molar-refractivity contribution in [1.29, 1.82) is 0 Å². The van der Waals surface area contributed by atoms with E-state index in [0.29, 0.717) is 22.1 Å². The highest BCUT2D eigenvalue weighted by atomic mass is 35.5. The highest BCUT2D eigenvalue weighted by Gasteiger charge is 2.16. The van der Waals surface area contributed by atoms with E-state index < -0.39 is 0 Å². The van der Waals surface area contributed by atoms with Crippen LogP contribution in [0.4, 0.5) is 0 Å². The number of allylic oxidation sites excluding steroid dienone is 1. The normalized spacial score (nSPS) is 11.0. The summed E-state index contributed by atoms with van der Waals surface area (Å²) in [4.78, 5) is 11.2. The largest absolute Gasteiger partial charge is 0.495 e. The van der Waals surface area contributed by atoms with Crippen LogP contribution in [-0.2, 0) is 0 Å². The zero-order valence-electron chi connectivity index (χ0n) is 15.8. The SMILES string of the molecule is CCCCCCCCCCC=Cc1c(OC)c(Cl)cc(C=O)c1OC. The molecule has 0 aliphatic rings. The van der Waals surface area contributed by atoms with Gasteiger partial charge >= 0.3 is 0 Å². The number of ether oxygens (including phenoxy) is 2. The summed E-state index contributed by atoms with van der Waals surface area (Å²) in [5.41, 5.74) is 1.15. The third-order valence-corrected chi connectivity index (χ3v) is 4.58. The summed E-state index contributed by atoms with van der Waals surface area (Å²) in [6.45, 7) is 2.24. The molecule has 140 valence electrons. The van der Waals surface area contributed by atoms with Crippen LogP contribution in [0.5, 0.6) is 11.5 Å². The first-order chi connectivity index (χ1) is 12.2. The van der Waals surface area contributed by atoms with E-state index in [0.717, 1.165) is 24.7 Å². The minimum absolute atomic E-state index is 0.414. The minimum Gasteiger partial charge on any atom is -0.495 e. The molecule has 0 bridgehead atoms. The number of halogens is 1. The van der Waals surface area contributed by atoms with Gasteiger partial charge in [0.1, 0.15) is 11.5 Å². The van der Waals surface area contributed by atoms with Gasteiger partial charge < -0.3 is 9.47 Å². The maximum Gasteiger partial charge on any atom is 0.153 e. The lowest BCUT2D eigenvalue weighted by atomic mass is 10.0. The molecule has 0 N–H and O–H groups in total. The Kier molecular flexibility index (Phi) is 11.1. The standard InChI is InChI=1S/C21H31ClO3/c1-4-5-6-7-8-9-10-11-12-13-14-18-20(24-2)17(16-23)15-19(22)21(18)25-3/h13-16H,4-12H2,1-3H3. The van der Waals surface area contributed by atoms with Gasteiger partial charge in [-0.15, -0.1) is 0 Å². The van der Waals surface area contributed by atoms with Crippen molar-refractivity contribution in [3.05, 3.63) is 28.3 Å². The summed E-state index contributed by atoms with van der Waals surface area (Å²) in [6.07, 6.45) is 16.2. The fraction of sp³-hybridized carbons (Fsp3) is 0.571. The number of unbranched alkanes of at least 4 members (excludes halogenated alkanes) is 8. The molecule has 0 saturated heterocycles. The number of hydrogen-bond acceptors (Lipinski definition) is 3. The third-order valence-electron chi connectivity index (χ3n) is 4.29. The predicted octanol–water partition coefficient (Wildman–Crippen LogP) is 6.71. The molecule has 0 saturated carbocycles. The molecule has 0 atom stereocenters. The number of carbonyl (C=O) groups is 1. The van der Waals surface area contributed by atoms with E-state index in [4.69, 9.17) is 21.1 Å². The molecule has 0 fully saturated rings. The monoisotopic (exact) mass is 366 g/mol. The van der Waals surface area contributed by atoms with Crippen molar-refractivity contribution >= 4 is 24.0 Å². The van der Waals surface area contributed by atoms with Crippen molar-refractivity contribution in [3.8, 4) is 11.5 Å². The van der Waals surface area contributed by atoms with Gasteiger partial charge in [-0.3, -0.25) is 4.79 Å². The van der Waals surface area contributed by atoms with Crippen molar-refractivity contribution in [1.82, 2.24) is 0 Å². The van der Waals surface area contributed by atoms with Gasteiger partial charge in [0.15, 0.2) is 6.29 Å². The first kappa shape index (κ1) is 21.6. The Balaban J connectivity index is 2.56. The first-order valence-corrected chi connectivity index (χ1v) is 9.63. The van der Waals surface area contributed by atoms with Gasteiger partial charge in [0, 0.05) is 0 Å². The van der Waals surface area contributed by atoms with Crippen molar-refractivity contribution in [2.45, 2.75) is 64.7 Å². The van der Waals surface area contributed by atoms with Crippen molar-refractivity contribution in [3.63, 3.8) is 0 Å². The van der Waals surface area contributed by atoms with Crippen LogP contribution in [-0.4, -0.2) is 20.5 Å². The Morgan fingerprint density at radius 3 is 2.12 bits per heavy atom. The molecule has 0 spiro atoms. The molecular formula is C21H31ClO3. The molecule has 0 amide bonds. The van der Waals surface area contributed by atoms with Crippen molar-refractivity contribution < 1.29 is 14.3 Å². The Bertz CT molecular complexity index is 553. The summed E-state index contributed by atoms with van der Waals surface area (Å²) < 4.78 is 10.8. The molecule has 0 radical (unpaired) electrons. The Hall–Kier alpha value is -1.48. The zero-order chi connectivity index (χ0) is 18.5. The molecule has 1 aromatic carbocycles. The number of carbonyl (C=O) groups excluding carboxylic acids is 1. The van der Waals surface area contributed by atoms with Gasteiger partial charge in [-0.1, -0.05) is 75.6 Å². The average Bonchev–Trinajstić information content (AvgIpc) is 2.62. The highest BCUT2D eigenvalue weighted by Crippen LogP contribution is 2.39. The van der Waals surface area contributed by atoms with E-state index in [1.54, 1.807) is 20.3 Å². The Morgan fingerprint density at radius 2 is 1.56 bits per heavy atom. The van der Waals surface area contributed by atoms with Gasteiger partial charge in [0.05, 0.1) is 30.4 Å². The summed E-state index contributed by atoms with van der Waals surface area (Å²) in [5.74, 6) is 1.04. The number of benzene rings is 1. The molecule has 4 heteroatoms. The number of rotatable bonds is 13. The molecular weight excluding hydrogens is 336 g/mol. The van der Waals surface area contributed by atoms with E-state index in [1.165, 1.54) is 44.9 Å². The van der Waals surface area contributed by atoms with Crippen LogP contribution in [0.3, 0.4) is 0 Å². The second-order valence-electron chi connectivity index (χ2n) is 6.21. The maximum absolute atomic E-state index is 11.2. The molecule has 1 rings (SSSR count). The summed E-state index contributed by atoms with van der Waals surface area (Å²) in [5, 5.41) is 0.414. The van der Waals surface area contributed by atoms with E-state index in [-0.39, 0.29) is 0 Å². The lowest BCUT2D eigenvalue weighted by Gasteiger charge is -2.14. The topological polar surface area (TPSA) is 35.5 Å². The third kappa shape index (κ3) is 7.11. The molecule has 0 heterocycles. The zero-order valence-corrected chi connectivity index (χ0v) is 16.5. The second kappa shape index (κ2) is 12.8. The van der Waals surface area contributed by atoms with Crippen LogP contribution in [0.2, 0.25) is 5.02 Å². The summed E-state index contributed by atoms with van der Waals surface area (Å²) in [6, 6.07) is 1.57. The Labute approximate surface area is 157 Å². The van der Waals surface area contributed by atoms with E-state index >= 15 is 0 Å². The lowest BCUT2D eigenvalue weighted by molar-refractivity contribution is 0.112. The van der Waals surface area contributed by atoms with Gasteiger partial charge in [-0.05, 0) is 18.9 Å². The summed E-state index contributed by atoms with van der Waals surface area (Å²) in [7, 11) is 3.11. The quantitative estimate of drug-likeness (QED) is 0.287. The number of methoxy groups -OCH3 is 2. The van der Waals surface area contributed by atoms with Gasteiger partial charge in [0.25, 0.3) is 0 Å². The van der Waals surface area contributed by atoms with E-state index in [9.17, 15) is 4.79 Å². The highest BCUT2D eigenvalue weighted by molar-refractivity contribution is 6.32. The molecule has 0 aliphatic heterocycles. The average molecular weight is 367 g/mol. The maximum atomic E-state index is 11.2. The fourth-order valence-corrected chi connectivity index (χ4v) is 3.22. The van der Waals surface area contributed by atoms with Gasteiger partial charge in [-0.2, -0.15) is 0 Å². The lowest BCUT2D eigenvalue weighted by Crippen LogP contribution is -1.98. The molecule has 0 aromatic heterocycles. The molecule has 25 heavy (non-hydrogen) atoms. The smallest absolute Gasteiger partial charge is 0.153 e. The van der Waals surface area contributed by atoms with Crippen LogP contribution < -0.4 is 9.47 Å². The van der Waals surface area contributed by atoms with E-state index in [2.05, 4.69) is 13.0 Å². The van der Waals surface area contributed by atoms with Crippen molar-refractivity contribution in [2.75, 3.05) is 14.2 Å². The molecule has 3 nitrogen and oxygen atoms in total. The minimum atomic E-state index is 0.414. The Morgan fingerprint density at radius 1 is 0.960 bits per heavy atom. The van der Waals surface area contributed by atoms with Crippen LogP contribution >= 0.6 is 11.6 Å². The number of aldehydes is 1. The van der Waals surface area contributed by atoms with Gasteiger partial charge in [0.2, 0.25) is 0 Å². The number of hydrogen-bond donors (Lipinski definition) is 0. The first-order valence-electron chi connectivity index (χ1n) is 9.25. The summed E-state index contributed by atoms with van der Waals surface area (Å²) >= 11 is 6.20.